The smallest absolute Gasteiger partial charge is 0.267 e. The SMILES string of the molecule is COCc1nccc(Nc2nc3ccc(F)cc3c(=O)n2-c2ccccc2)n1. The maximum Gasteiger partial charge on any atom is 0.267 e. The van der Waals surface area contributed by atoms with E-state index in [0.29, 0.717) is 22.8 Å². The summed E-state index contributed by atoms with van der Waals surface area (Å²) in [4.78, 5) is 26.1. The fourth-order valence-electron chi connectivity index (χ4n) is 2.84. The summed E-state index contributed by atoms with van der Waals surface area (Å²) in [6.07, 6.45) is 1.59. The van der Waals surface area contributed by atoms with Crippen LogP contribution >= 0.6 is 0 Å². The normalized spacial score (nSPS) is 10.9. The van der Waals surface area contributed by atoms with Gasteiger partial charge in [0.1, 0.15) is 18.2 Å². The number of hydrogen-bond acceptors (Lipinski definition) is 6. The maximum atomic E-state index is 13.7. The average Bonchev–Trinajstić information content (AvgIpc) is 2.70. The molecule has 8 heteroatoms. The molecule has 0 fully saturated rings. The molecule has 0 unspecified atom stereocenters. The van der Waals surface area contributed by atoms with E-state index in [9.17, 15) is 9.18 Å². The first-order chi connectivity index (χ1) is 13.7. The number of ether oxygens (including phenoxy) is 1. The molecule has 0 spiro atoms. The molecule has 4 rings (SSSR count). The monoisotopic (exact) mass is 377 g/mol. The number of nitrogens with zero attached hydrogens (tertiary/aromatic N) is 4. The van der Waals surface area contributed by atoms with Crippen LogP contribution in [0.5, 0.6) is 0 Å². The molecule has 0 aliphatic carbocycles. The van der Waals surface area contributed by atoms with Gasteiger partial charge in [0.2, 0.25) is 5.95 Å². The second-order valence-electron chi connectivity index (χ2n) is 5.99. The molecule has 0 saturated heterocycles. The van der Waals surface area contributed by atoms with Crippen molar-refractivity contribution in [1.29, 1.82) is 0 Å². The van der Waals surface area contributed by atoms with E-state index >= 15 is 0 Å². The van der Waals surface area contributed by atoms with Gasteiger partial charge >= 0.3 is 0 Å². The van der Waals surface area contributed by atoms with Gasteiger partial charge < -0.3 is 10.1 Å². The van der Waals surface area contributed by atoms with Crippen LogP contribution in [-0.2, 0) is 11.3 Å². The van der Waals surface area contributed by atoms with Gasteiger partial charge in [-0.2, -0.15) is 0 Å². The number of rotatable bonds is 5. The average molecular weight is 377 g/mol. The molecular weight excluding hydrogens is 361 g/mol. The molecule has 7 nitrogen and oxygen atoms in total. The van der Waals surface area contributed by atoms with Crippen LogP contribution in [-0.4, -0.2) is 26.6 Å². The fourth-order valence-corrected chi connectivity index (χ4v) is 2.84. The Bertz CT molecular complexity index is 1190. The number of aromatic nitrogens is 4. The Labute approximate surface area is 159 Å². The summed E-state index contributed by atoms with van der Waals surface area (Å²) in [5.41, 5.74) is 0.594. The molecule has 0 aliphatic heterocycles. The van der Waals surface area contributed by atoms with E-state index in [-0.39, 0.29) is 23.5 Å². The number of halogens is 1. The zero-order valence-electron chi connectivity index (χ0n) is 15.0. The molecule has 1 N–H and O–H groups in total. The third-order valence-corrected chi connectivity index (χ3v) is 4.06. The van der Waals surface area contributed by atoms with Gasteiger partial charge in [0.05, 0.1) is 16.6 Å². The topological polar surface area (TPSA) is 81.9 Å². The molecule has 0 bridgehead atoms. The van der Waals surface area contributed by atoms with Crippen molar-refractivity contribution in [3.63, 3.8) is 0 Å². The third-order valence-electron chi connectivity index (χ3n) is 4.06. The zero-order chi connectivity index (χ0) is 19.5. The van der Waals surface area contributed by atoms with Gasteiger partial charge in [-0.15, -0.1) is 0 Å². The van der Waals surface area contributed by atoms with E-state index in [0.717, 1.165) is 0 Å². The molecule has 2 aromatic heterocycles. The number of hydrogen-bond donors (Lipinski definition) is 1. The predicted octanol–water partition coefficient (Wildman–Crippen LogP) is 3.20. The minimum absolute atomic E-state index is 0.192. The first-order valence-corrected chi connectivity index (χ1v) is 8.51. The number of nitrogens with one attached hydrogen (secondary N) is 1. The van der Waals surface area contributed by atoms with E-state index in [2.05, 4.69) is 20.3 Å². The summed E-state index contributed by atoms with van der Waals surface area (Å²) in [6.45, 7) is 0.255. The molecule has 28 heavy (non-hydrogen) atoms. The highest BCUT2D eigenvalue weighted by atomic mass is 19.1. The van der Waals surface area contributed by atoms with Crippen molar-refractivity contribution >= 4 is 22.7 Å². The van der Waals surface area contributed by atoms with Crippen molar-refractivity contribution in [1.82, 2.24) is 19.5 Å². The summed E-state index contributed by atoms with van der Waals surface area (Å²) in [7, 11) is 1.56. The lowest BCUT2D eigenvalue weighted by atomic mass is 10.2. The minimum atomic E-state index is -0.494. The zero-order valence-corrected chi connectivity index (χ0v) is 15.0. The Kier molecular flexibility index (Phi) is 4.77. The van der Waals surface area contributed by atoms with E-state index < -0.39 is 5.82 Å². The number of benzene rings is 2. The van der Waals surface area contributed by atoms with Crippen LogP contribution in [0.4, 0.5) is 16.2 Å². The van der Waals surface area contributed by atoms with Gasteiger partial charge in [-0.3, -0.25) is 4.79 Å². The van der Waals surface area contributed by atoms with Crippen molar-refractivity contribution in [2.45, 2.75) is 6.61 Å². The van der Waals surface area contributed by atoms with E-state index in [1.165, 1.54) is 22.8 Å². The van der Waals surface area contributed by atoms with Crippen molar-refractivity contribution in [2.24, 2.45) is 0 Å². The Hall–Kier alpha value is -3.65. The lowest BCUT2D eigenvalue weighted by Crippen LogP contribution is -2.23. The van der Waals surface area contributed by atoms with Gasteiger partial charge in [0, 0.05) is 13.3 Å². The van der Waals surface area contributed by atoms with Gasteiger partial charge in [0.25, 0.3) is 5.56 Å². The fraction of sp³-hybridized carbons (Fsp3) is 0.100. The highest BCUT2D eigenvalue weighted by Gasteiger charge is 2.14. The Morgan fingerprint density at radius 2 is 1.93 bits per heavy atom. The molecule has 0 radical (unpaired) electrons. The van der Waals surface area contributed by atoms with Crippen LogP contribution in [0.3, 0.4) is 0 Å². The molecule has 0 saturated carbocycles. The number of methoxy groups -OCH3 is 1. The molecule has 2 heterocycles. The number of anilines is 2. The van der Waals surface area contributed by atoms with Gasteiger partial charge in [-0.1, -0.05) is 18.2 Å². The second-order valence-corrected chi connectivity index (χ2v) is 5.99. The van der Waals surface area contributed by atoms with Gasteiger partial charge in [-0.25, -0.2) is 23.9 Å². The van der Waals surface area contributed by atoms with Crippen molar-refractivity contribution in [2.75, 3.05) is 12.4 Å². The highest BCUT2D eigenvalue weighted by molar-refractivity contribution is 5.80. The largest absolute Gasteiger partial charge is 0.377 e. The maximum absolute atomic E-state index is 13.7. The van der Waals surface area contributed by atoms with Gasteiger partial charge in [0.15, 0.2) is 5.82 Å². The summed E-state index contributed by atoms with van der Waals surface area (Å²) in [5, 5.41) is 3.26. The Morgan fingerprint density at radius 1 is 1.11 bits per heavy atom. The molecule has 0 amide bonds. The first-order valence-electron chi connectivity index (χ1n) is 8.51. The first kappa shape index (κ1) is 17.7. The summed E-state index contributed by atoms with van der Waals surface area (Å²) in [6, 6.07) is 14.6. The van der Waals surface area contributed by atoms with Crippen LogP contribution in [0, 0.1) is 5.82 Å². The molecule has 0 atom stereocenters. The summed E-state index contributed by atoms with van der Waals surface area (Å²) >= 11 is 0. The summed E-state index contributed by atoms with van der Waals surface area (Å²) < 4.78 is 20.1. The number of fused-ring (bicyclic) bond motifs is 1. The van der Waals surface area contributed by atoms with Crippen LogP contribution < -0.4 is 10.9 Å². The molecule has 2 aromatic carbocycles. The lowest BCUT2D eigenvalue weighted by Gasteiger charge is -2.15. The van der Waals surface area contributed by atoms with Crippen LogP contribution in [0.2, 0.25) is 0 Å². The van der Waals surface area contributed by atoms with Crippen LogP contribution in [0.1, 0.15) is 5.82 Å². The summed E-state index contributed by atoms with van der Waals surface area (Å²) in [5.74, 6) is 0.716. The molecular formula is C20H16FN5O2. The quantitative estimate of drug-likeness (QED) is 0.575. The number of para-hydroxylation sites is 1. The van der Waals surface area contributed by atoms with Crippen molar-refractivity contribution < 1.29 is 9.13 Å². The Balaban J connectivity index is 1.90. The van der Waals surface area contributed by atoms with Crippen molar-refractivity contribution in [3.8, 4) is 5.69 Å². The second kappa shape index (κ2) is 7.53. The van der Waals surface area contributed by atoms with Gasteiger partial charge in [-0.05, 0) is 36.4 Å². The lowest BCUT2D eigenvalue weighted by molar-refractivity contribution is 0.178. The minimum Gasteiger partial charge on any atom is -0.377 e. The van der Waals surface area contributed by atoms with E-state index in [1.807, 2.05) is 18.2 Å². The van der Waals surface area contributed by atoms with Crippen molar-refractivity contribution in [3.05, 3.63) is 82.8 Å². The van der Waals surface area contributed by atoms with E-state index in [4.69, 9.17) is 4.74 Å². The van der Waals surface area contributed by atoms with E-state index in [1.54, 1.807) is 31.5 Å². The van der Waals surface area contributed by atoms with Crippen LogP contribution in [0.25, 0.3) is 16.6 Å². The standard InChI is InChI=1S/C20H16FN5O2/c1-28-12-18-22-10-9-17(24-18)25-20-23-16-8-7-13(21)11-15(16)19(27)26(20)14-5-3-2-4-6-14/h2-11H,12H2,1H3,(H,22,23,24,25). The molecule has 4 aromatic rings. The Morgan fingerprint density at radius 3 is 2.71 bits per heavy atom. The highest BCUT2D eigenvalue weighted by Crippen LogP contribution is 2.19. The third kappa shape index (κ3) is 3.45. The molecule has 140 valence electrons. The molecule has 0 aliphatic rings. The van der Waals surface area contributed by atoms with Crippen LogP contribution in [0.15, 0.2) is 65.6 Å². The predicted molar refractivity (Wildman–Crippen MR) is 103 cm³/mol.